The van der Waals surface area contributed by atoms with Crippen molar-refractivity contribution in [2.24, 2.45) is 5.73 Å². The summed E-state index contributed by atoms with van der Waals surface area (Å²) in [6, 6.07) is 8.63. The van der Waals surface area contributed by atoms with E-state index in [2.05, 4.69) is 31.2 Å². The van der Waals surface area contributed by atoms with Crippen LogP contribution >= 0.6 is 11.8 Å². The van der Waals surface area contributed by atoms with Crippen LogP contribution in [0.4, 0.5) is 0 Å². The van der Waals surface area contributed by atoms with Crippen molar-refractivity contribution >= 4 is 11.8 Å². The smallest absolute Gasteiger partial charge is 0.0625 e. The van der Waals surface area contributed by atoms with E-state index >= 15 is 0 Å². The maximum atomic E-state index is 5.89. The van der Waals surface area contributed by atoms with E-state index in [-0.39, 0.29) is 6.04 Å². The van der Waals surface area contributed by atoms with Crippen LogP contribution in [0.15, 0.2) is 29.2 Å². The Labute approximate surface area is 96.2 Å². The molecule has 0 heterocycles. The molecule has 2 nitrogen and oxygen atoms in total. The minimum absolute atomic E-state index is 0.122. The average molecular weight is 225 g/mol. The molecule has 0 aliphatic rings. The molecular weight excluding hydrogens is 206 g/mol. The van der Waals surface area contributed by atoms with Gasteiger partial charge in [-0.1, -0.05) is 17.7 Å². The lowest BCUT2D eigenvalue weighted by Gasteiger charge is -2.10. The number of rotatable bonds is 6. The maximum absolute atomic E-state index is 5.89. The van der Waals surface area contributed by atoms with E-state index in [0.717, 1.165) is 12.4 Å². The van der Waals surface area contributed by atoms with Crippen LogP contribution in [0.5, 0.6) is 0 Å². The van der Waals surface area contributed by atoms with E-state index < -0.39 is 0 Å². The number of aryl methyl sites for hydroxylation is 1. The van der Waals surface area contributed by atoms with Gasteiger partial charge in [-0.25, -0.2) is 0 Å². The molecule has 2 N–H and O–H groups in total. The summed E-state index contributed by atoms with van der Waals surface area (Å²) in [6.07, 6.45) is 0. The van der Waals surface area contributed by atoms with Crippen molar-refractivity contribution in [2.75, 3.05) is 19.0 Å². The van der Waals surface area contributed by atoms with Crippen molar-refractivity contribution in [2.45, 2.75) is 24.8 Å². The molecule has 0 spiro atoms. The molecule has 1 unspecified atom stereocenters. The first-order valence-electron chi connectivity index (χ1n) is 5.25. The summed E-state index contributed by atoms with van der Waals surface area (Å²) >= 11 is 1.78. The Morgan fingerprint density at radius 1 is 1.33 bits per heavy atom. The number of thioether (sulfide) groups is 1. The van der Waals surface area contributed by atoms with Crippen LogP contribution in [-0.4, -0.2) is 25.0 Å². The first-order valence-corrected chi connectivity index (χ1v) is 6.23. The predicted molar refractivity (Wildman–Crippen MR) is 66.4 cm³/mol. The van der Waals surface area contributed by atoms with E-state index in [9.17, 15) is 0 Å². The van der Waals surface area contributed by atoms with E-state index in [0.29, 0.717) is 6.61 Å². The molecule has 1 rings (SSSR count). The fourth-order valence-electron chi connectivity index (χ4n) is 1.16. The number of nitrogens with two attached hydrogens (primary N) is 1. The predicted octanol–water partition coefficient (Wildman–Crippen LogP) is 2.45. The minimum Gasteiger partial charge on any atom is -0.380 e. The van der Waals surface area contributed by atoms with Gasteiger partial charge in [0.15, 0.2) is 0 Å². The van der Waals surface area contributed by atoms with Crippen molar-refractivity contribution in [1.29, 1.82) is 0 Å². The molecule has 0 aromatic heterocycles. The van der Waals surface area contributed by atoms with Crippen molar-refractivity contribution in [3.05, 3.63) is 29.8 Å². The molecule has 1 aromatic carbocycles. The van der Waals surface area contributed by atoms with Gasteiger partial charge in [-0.2, -0.15) is 0 Å². The summed E-state index contributed by atoms with van der Waals surface area (Å²) in [4.78, 5) is 1.27. The Morgan fingerprint density at radius 3 is 2.60 bits per heavy atom. The molecule has 0 radical (unpaired) electrons. The SMILES string of the molecule is CCOCC(N)CSc1ccc(C)cc1. The van der Waals surface area contributed by atoms with Crippen molar-refractivity contribution in [3.63, 3.8) is 0 Å². The number of hydrogen-bond acceptors (Lipinski definition) is 3. The standard InChI is InChI=1S/C12H19NOS/c1-3-14-8-11(13)9-15-12-6-4-10(2)5-7-12/h4-7,11H,3,8-9,13H2,1-2H3. The molecule has 84 valence electrons. The number of ether oxygens (including phenoxy) is 1. The van der Waals surface area contributed by atoms with E-state index in [1.165, 1.54) is 10.5 Å². The topological polar surface area (TPSA) is 35.2 Å². The van der Waals surface area contributed by atoms with Crippen LogP contribution in [0.1, 0.15) is 12.5 Å². The largest absolute Gasteiger partial charge is 0.380 e. The molecule has 1 aromatic rings. The monoisotopic (exact) mass is 225 g/mol. The summed E-state index contributed by atoms with van der Waals surface area (Å²) in [5, 5.41) is 0. The molecule has 15 heavy (non-hydrogen) atoms. The molecule has 0 amide bonds. The molecule has 0 aliphatic heterocycles. The second-order valence-electron chi connectivity index (χ2n) is 3.54. The van der Waals surface area contributed by atoms with E-state index in [1.807, 2.05) is 6.92 Å². The minimum atomic E-state index is 0.122. The Hall–Kier alpha value is -0.510. The summed E-state index contributed by atoms with van der Waals surface area (Å²) in [5.74, 6) is 0.906. The number of benzene rings is 1. The Kier molecular flexibility index (Phi) is 5.76. The van der Waals surface area contributed by atoms with Crippen LogP contribution in [0.25, 0.3) is 0 Å². The van der Waals surface area contributed by atoms with Crippen LogP contribution in [0.3, 0.4) is 0 Å². The van der Waals surface area contributed by atoms with Gasteiger partial charge >= 0.3 is 0 Å². The fraction of sp³-hybridized carbons (Fsp3) is 0.500. The second kappa shape index (κ2) is 6.88. The molecule has 0 aliphatic carbocycles. The highest BCUT2D eigenvalue weighted by molar-refractivity contribution is 7.99. The highest BCUT2D eigenvalue weighted by atomic mass is 32.2. The lowest BCUT2D eigenvalue weighted by Crippen LogP contribution is -2.28. The maximum Gasteiger partial charge on any atom is 0.0625 e. The third kappa shape index (κ3) is 5.21. The highest BCUT2D eigenvalue weighted by Crippen LogP contribution is 2.18. The van der Waals surface area contributed by atoms with Gasteiger partial charge in [-0.3, -0.25) is 0 Å². The zero-order valence-corrected chi connectivity index (χ0v) is 10.2. The highest BCUT2D eigenvalue weighted by Gasteiger charge is 2.03. The van der Waals surface area contributed by atoms with Gasteiger partial charge in [-0.15, -0.1) is 11.8 Å². The summed E-state index contributed by atoms with van der Waals surface area (Å²) in [6.45, 7) is 5.47. The first-order chi connectivity index (χ1) is 7.22. The quantitative estimate of drug-likeness (QED) is 0.755. The summed E-state index contributed by atoms with van der Waals surface area (Å²) < 4.78 is 5.26. The first kappa shape index (κ1) is 12.6. The summed E-state index contributed by atoms with van der Waals surface area (Å²) in [5.41, 5.74) is 7.18. The van der Waals surface area contributed by atoms with Crippen LogP contribution < -0.4 is 5.73 Å². The van der Waals surface area contributed by atoms with E-state index in [1.54, 1.807) is 11.8 Å². The zero-order chi connectivity index (χ0) is 11.1. The lowest BCUT2D eigenvalue weighted by molar-refractivity contribution is 0.138. The molecule has 0 bridgehead atoms. The Bertz CT molecular complexity index is 273. The van der Waals surface area contributed by atoms with Gasteiger partial charge in [0.25, 0.3) is 0 Å². The van der Waals surface area contributed by atoms with Crippen LogP contribution in [0, 0.1) is 6.92 Å². The molecule has 0 saturated carbocycles. The summed E-state index contributed by atoms with van der Waals surface area (Å²) in [7, 11) is 0. The van der Waals surface area contributed by atoms with Crippen LogP contribution in [-0.2, 0) is 4.74 Å². The zero-order valence-electron chi connectivity index (χ0n) is 9.40. The normalized spacial score (nSPS) is 12.7. The van der Waals surface area contributed by atoms with Gasteiger partial charge in [0, 0.05) is 23.3 Å². The van der Waals surface area contributed by atoms with Gasteiger partial charge in [-0.05, 0) is 26.0 Å². The van der Waals surface area contributed by atoms with Crippen molar-refractivity contribution < 1.29 is 4.74 Å². The molecule has 0 saturated heterocycles. The third-order valence-corrected chi connectivity index (χ3v) is 3.22. The Morgan fingerprint density at radius 2 is 2.00 bits per heavy atom. The second-order valence-corrected chi connectivity index (χ2v) is 4.64. The average Bonchev–Trinajstić information content (AvgIpc) is 2.25. The molecule has 3 heteroatoms. The third-order valence-electron chi connectivity index (χ3n) is 2.02. The molecular formula is C12H19NOS. The number of hydrogen-bond donors (Lipinski definition) is 1. The molecule has 0 fully saturated rings. The Balaban J connectivity index is 2.27. The van der Waals surface area contributed by atoms with E-state index in [4.69, 9.17) is 10.5 Å². The van der Waals surface area contributed by atoms with Gasteiger partial charge < -0.3 is 10.5 Å². The van der Waals surface area contributed by atoms with Gasteiger partial charge in [0.1, 0.15) is 0 Å². The van der Waals surface area contributed by atoms with Gasteiger partial charge in [0.05, 0.1) is 6.61 Å². The van der Waals surface area contributed by atoms with Crippen molar-refractivity contribution in [3.8, 4) is 0 Å². The van der Waals surface area contributed by atoms with Crippen LogP contribution in [0.2, 0.25) is 0 Å². The molecule has 1 atom stereocenters. The fourth-order valence-corrected chi connectivity index (χ4v) is 1.99. The van der Waals surface area contributed by atoms with Crippen molar-refractivity contribution in [1.82, 2.24) is 0 Å². The lowest BCUT2D eigenvalue weighted by atomic mass is 10.2. The van der Waals surface area contributed by atoms with Gasteiger partial charge in [0.2, 0.25) is 0 Å².